The van der Waals surface area contributed by atoms with Crippen LogP contribution in [0, 0.1) is 13.8 Å². The van der Waals surface area contributed by atoms with E-state index in [1.807, 2.05) is 0 Å². The summed E-state index contributed by atoms with van der Waals surface area (Å²) in [4.78, 5) is 5.12. The molecule has 0 aliphatic carbocycles. The number of hydrogen-bond acceptors (Lipinski definition) is 3. The van der Waals surface area contributed by atoms with E-state index >= 15 is 0 Å². The molecule has 2 N–H and O–H groups in total. The number of hydrogen-bond donors (Lipinski definition) is 1. The molecule has 112 valence electrons. The second-order valence-corrected chi connectivity index (χ2v) is 5.99. The van der Waals surface area contributed by atoms with E-state index in [2.05, 4.69) is 48.8 Å². The summed E-state index contributed by atoms with van der Waals surface area (Å²) < 4.78 is 0. The first-order valence-electron chi connectivity index (χ1n) is 7.89. The first kappa shape index (κ1) is 15.5. The number of nitrogens with zero attached hydrogens (tertiary/aromatic N) is 2. The van der Waals surface area contributed by atoms with Crippen molar-refractivity contribution >= 4 is 0 Å². The normalized spacial score (nSPS) is 19.2. The van der Waals surface area contributed by atoms with Gasteiger partial charge >= 0.3 is 0 Å². The van der Waals surface area contributed by atoms with Crippen molar-refractivity contribution in [2.24, 2.45) is 5.73 Å². The van der Waals surface area contributed by atoms with Gasteiger partial charge in [0.05, 0.1) is 0 Å². The van der Waals surface area contributed by atoms with Crippen molar-refractivity contribution in [3.05, 3.63) is 34.9 Å². The number of aryl methyl sites for hydroxylation is 2. The van der Waals surface area contributed by atoms with Crippen molar-refractivity contribution in [1.82, 2.24) is 9.80 Å². The van der Waals surface area contributed by atoms with Crippen LogP contribution < -0.4 is 5.73 Å². The van der Waals surface area contributed by atoms with Crippen LogP contribution in [0.25, 0.3) is 0 Å². The standard InChI is InChI=1S/C17H29N3/c1-4-7-19-8-10-20(11-9-19)17(13-18)16-6-5-14(2)12-15(16)3/h5-6,12,17H,4,7-11,13,18H2,1-3H3. The molecule has 1 atom stereocenters. The van der Waals surface area contributed by atoms with Gasteiger partial charge in [0.15, 0.2) is 0 Å². The number of nitrogens with two attached hydrogens (primary N) is 1. The fraction of sp³-hybridized carbons (Fsp3) is 0.647. The molecule has 0 amide bonds. The molecule has 1 aliphatic heterocycles. The molecular weight excluding hydrogens is 246 g/mol. The lowest BCUT2D eigenvalue weighted by Gasteiger charge is -2.39. The molecule has 1 aromatic rings. The molecule has 0 aromatic heterocycles. The molecule has 2 rings (SSSR count). The summed E-state index contributed by atoms with van der Waals surface area (Å²) in [7, 11) is 0. The minimum absolute atomic E-state index is 0.374. The zero-order valence-electron chi connectivity index (χ0n) is 13.2. The average Bonchev–Trinajstić information content (AvgIpc) is 2.44. The van der Waals surface area contributed by atoms with Crippen LogP contribution in [0.2, 0.25) is 0 Å². The highest BCUT2D eigenvalue weighted by Crippen LogP contribution is 2.25. The zero-order chi connectivity index (χ0) is 14.5. The Morgan fingerprint density at radius 3 is 2.40 bits per heavy atom. The first-order chi connectivity index (χ1) is 9.65. The second kappa shape index (κ2) is 7.21. The molecule has 1 heterocycles. The molecule has 0 bridgehead atoms. The molecule has 20 heavy (non-hydrogen) atoms. The number of piperazine rings is 1. The fourth-order valence-electron chi connectivity index (χ4n) is 3.29. The molecular formula is C17H29N3. The van der Waals surface area contributed by atoms with E-state index in [0.717, 1.165) is 13.1 Å². The van der Waals surface area contributed by atoms with E-state index in [1.165, 1.54) is 42.7 Å². The van der Waals surface area contributed by atoms with Gasteiger partial charge in [-0.15, -0.1) is 0 Å². The molecule has 0 radical (unpaired) electrons. The van der Waals surface area contributed by atoms with Crippen LogP contribution >= 0.6 is 0 Å². The van der Waals surface area contributed by atoms with Crippen LogP contribution in [0.5, 0.6) is 0 Å². The van der Waals surface area contributed by atoms with Gasteiger partial charge in [0.1, 0.15) is 0 Å². The van der Waals surface area contributed by atoms with Gasteiger partial charge in [0.2, 0.25) is 0 Å². The van der Waals surface area contributed by atoms with E-state index in [0.29, 0.717) is 12.6 Å². The summed E-state index contributed by atoms with van der Waals surface area (Å²) in [6, 6.07) is 7.11. The minimum Gasteiger partial charge on any atom is -0.329 e. The summed E-state index contributed by atoms with van der Waals surface area (Å²) in [6.45, 7) is 13.2. The monoisotopic (exact) mass is 275 g/mol. The van der Waals surface area contributed by atoms with Gasteiger partial charge < -0.3 is 10.6 Å². The second-order valence-electron chi connectivity index (χ2n) is 5.99. The lowest BCUT2D eigenvalue weighted by atomic mass is 9.97. The molecule has 1 saturated heterocycles. The summed E-state index contributed by atoms with van der Waals surface area (Å²) >= 11 is 0. The van der Waals surface area contributed by atoms with Gasteiger partial charge in [-0.05, 0) is 37.9 Å². The van der Waals surface area contributed by atoms with E-state index in [-0.39, 0.29) is 0 Å². The Bertz CT molecular complexity index is 422. The Labute approximate surface area is 123 Å². The lowest BCUT2D eigenvalue weighted by molar-refractivity contribution is 0.0983. The summed E-state index contributed by atoms with van der Waals surface area (Å²) in [5, 5.41) is 0. The largest absolute Gasteiger partial charge is 0.329 e. The smallest absolute Gasteiger partial charge is 0.0474 e. The maximum absolute atomic E-state index is 6.08. The summed E-state index contributed by atoms with van der Waals surface area (Å²) in [5.74, 6) is 0. The van der Waals surface area contributed by atoms with Gasteiger partial charge in [-0.1, -0.05) is 30.7 Å². The van der Waals surface area contributed by atoms with Crippen molar-refractivity contribution < 1.29 is 0 Å². The van der Waals surface area contributed by atoms with Crippen LogP contribution in [0.3, 0.4) is 0 Å². The van der Waals surface area contributed by atoms with Crippen molar-refractivity contribution in [3.63, 3.8) is 0 Å². The maximum Gasteiger partial charge on any atom is 0.0474 e. The Morgan fingerprint density at radius 2 is 1.85 bits per heavy atom. The summed E-state index contributed by atoms with van der Waals surface area (Å²) in [6.07, 6.45) is 1.25. The van der Waals surface area contributed by atoms with Gasteiger partial charge in [0, 0.05) is 38.8 Å². The Kier molecular flexibility index (Phi) is 5.58. The van der Waals surface area contributed by atoms with Crippen LogP contribution in [-0.4, -0.2) is 49.1 Å². The van der Waals surface area contributed by atoms with Crippen LogP contribution in [0.4, 0.5) is 0 Å². The van der Waals surface area contributed by atoms with Gasteiger partial charge in [0.25, 0.3) is 0 Å². The number of benzene rings is 1. The third-order valence-electron chi connectivity index (χ3n) is 4.40. The van der Waals surface area contributed by atoms with E-state index in [1.54, 1.807) is 0 Å². The van der Waals surface area contributed by atoms with E-state index in [9.17, 15) is 0 Å². The van der Waals surface area contributed by atoms with Crippen molar-refractivity contribution in [1.29, 1.82) is 0 Å². The predicted molar refractivity (Wildman–Crippen MR) is 86.0 cm³/mol. The zero-order valence-corrected chi connectivity index (χ0v) is 13.2. The first-order valence-corrected chi connectivity index (χ1v) is 7.89. The third kappa shape index (κ3) is 3.60. The highest BCUT2D eigenvalue weighted by Gasteiger charge is 2.24. The van der Waals surface area contributed by atoms with E-state index < -0.39 is 0 Å². The molecule has 0 saturated carbocycles. The van der Waals surface area contributed by atoms with Crippen LogP contribution in [-0.2, 0) is 0 Å². The molecule has 0 spiro atoms. The van der Waals surface area contributed by atoms with E-state index in [4.69, 9.17) is 5.73 Å². The Hall–Kier alpha value is -0.900. The van der Waals surface area contributed by atoms with Gasteiger partial charge in [-0.2, -0.15) is 0 Å². The molecule has 3 heteroatoms. The van der Waals surface area contributed by atoms with Crippen molar-refractivity contribution in [2.45, 2.75) is 33.2 Å². The molecule has 3 nitrogen and oxygen atoms in total. The Morgan fingerprint density at radius 1 is 1.15 bits per heavy atom. The fourth-order valence-corrected chi connectivity index (χ4v) is 3.29. The van der Waals surface area contributed by atoms with Gasteiger partial charge in [-0.25, -0.2) is 0 Å². The molecule has 1 fully saturated rings. The summed E-state index contributed by atoms with van der Waals surface area (Å²) in [5.41, 5.74) is 10.2. The van der Waals surface area contributed by atoms with Crippen molar-refractivity contribution in [3.8, 4) is 0 Å². The van der Waals surface area contributed by atoms with Gasteiger partial charge in [-0.3, -0.25) is 4.90 Å². The maximum atomic E-state index is 6.08. The van der Waals surface area contributed by atoms with Crippen molar-refractivity contribution in [2.75, 3.05) is 39.3 Å². The molecule has 1 unspecified atom stereocenters. The molecule has 1 aliphatic rings. The average molecular weight is 275 g/mol. The third-order valence-corrected chi connectivity index (χ3v) is 4.40. The Balaban J connectivity index is 2.05. The van der Waals surface area contributed by atoms with Crippen LogP contribution in [0.1, 0.15) is 36.1 Å². The quantitative estimate of drug-likeness (QED) is 0.895. The topological polar surface area (TPSA) is 32.5 Å². The molecule has 1 aromatic carbocycles. The highest BCUT2D eigenvalue weighted by molar-refractivity contribution is 5.33. The lowest BCUT2D eigenvalue weighted by Crippen LogP contribution is -2.49. The number of rotatable bonds is 5. The minimum atomic E-state index is 0.374. The van der Waals surface area contributed by atoms with Crippen LogP contribution in [0.15, 0.2) is 18.2 Å². The predicted octanol–water partition coefficient (Wildman–Crippen LogP) is 2.33. The highest BCUT2D eigenvalue weighted by atomic mass is 15.3. The SMILES string of the molecule is CCCN1CCN(C(CN)c2ccc(C)cc2C)CC1.